The third-order valence-corrected chi connectivity index (χ3v) is 4.51. The minimum absolute atomic E-state index is 0.185. The lowest BCUT2D eigenvalue weighted by Gasteiger charge is -2.27. The molecule has 0 bridgehead atoms. The van der Waals surface area contributed by atoms with Gasteiger partial charge in [0.05, 0.1) is 7.11 Å². The van der Waals surface area contributed by atoms with E-state index >= 15 is 0 Å². The van der Waals surface area contributed by atoms with Crippen molar-refractivity contribution < 1.29 is 14.3 Å². The molecule has 2 heterocycles. The second kappa shape index (κ2) is 6.48. The van der Waals surface area contributed by atoms with Gasteiger partial charge in [-0.25, -0.2) is 0 Å². The summed E-state index contributed by atoms with van der Waals surface area (Å²) in [6, 6.07) is 8.35. The number of rotatable bonds is 4. The summed E-state index contributed by atoms with van der Waals surface area (Å²) in [6.45, 7) is 1.58. The predicted molar refractivity (Wildman–Crippen MR) is 80.4 cm³/mol. The predicted octanol–water partition coefficient (Wildman–Crippen LogP) is 2.41. The van der Waals surface area contributed by atoms with E-state index in [4.69, 9.17) is 9.47 Å². The molecule has 0 N–H and O–H groups in total. The van der Waals surface area contributed by atoms with Gasteiger partial charge in [-0.15, -0.1) is 0 Å². The van der Waals surface area contributed by atoms with Crippen molar-refractivity contribution in [2.45, 2.75) is 44.2 Å². The van der Waals surface area contributed by atoms with E-state index in [1.165, 1.54) is 5.56 Å². The molecule has 2 aliphatic rings. The molecule has 2 unspecified atom stereocenters. The number of likely N-dealkylation sites (tertiary alicyclic amines) is 1. The van der Waals surface area contributed by atoms with Gasteiger partial charge in [0.15, 0.2) is 0 Å². The van der Waals surface area contributed by atoms with Crippen LogP contribution in [-0.4, -0.2) is 43.2 Å². The number of ether oxygens (including phenoxy) is 2. The fourth-order valence-corrected chi connectivity index (χ4v) is 3.42. The first-order chi connectivity index (χ1) is 10.3. The molecule has 2 saturated heterocycles. The average Bonchev–Trinajstić information content (AvgIpc) is 3.18. The standard InChI is InChI=1S/C17H23NO3/c1-20-15-8-3-2-6-13(15)12-14-7-4-10-18(14)17(19)16-9-5-11-21-16/h2-3,6,8,14,16H,4-5,7,9-12H2,1H3. The van der Waals surface area contributed by atoms with Gasteiger partial charge in [-0.2, -0.15) is 0 Å². The van der Waals surface area contributed by atoms with E-state index in [-0.39, 0.29) is 18.1 Å². The van der Waals surface area contributed by atoms with Crippen molar-refractivity contribution in [2.75, 3.05) is 20.3 Å². The molecule has 1 amide bonds. The lowest BCUT2D eigenvalue weighted by atomic mass is 10.0. The molecule has 1 aromatic carbocycles. The maximum absolute atomic E-state index is 12.6. The maximum atomic E-state index is 12.6. The Kier molecular flexibility index (Phi) is 4.44. The van der Waals surface area contributed by atoms with Crippen molar-refractivity contribution in [1.82, 2.24) is 4.90 Å². The van der Waals surface area contributed by atoms with Gasteiger partial charge in [0, 0.05) is 19.2 Å². The smallest absolute Gasteiger partial charge is 0.251 e. The summed E-state index contributed by atoms with van der Waals surface area (Å²) >= 11 is 0. The summed E-state index contributed by atoms with van der Waals surface area (Å²) in [5.74, 6) is 1.10. The minimum Gasteiger partial charge on any atom is -0.496 e. The van der Waals surface area contributed by atoms with Gasteiger partial charge in [0.25, 0.3) is 5.91 Å². The fraction of sp³-hybridized carbons (Fsp3) is 0.588. The first-order valence-corrected chi connectivity index (χ1v) is 7.83. The zero-order chi connectivity index (χ0) is 14.7. The zero-order valence-electron chi connectivity index (χ0n) is 12.6. The second-order valence-electron chi connectivity index (χ2n) is 5.85. The Morgan fingerprint density at radius 1 is 1.33 bits per heavy atom. The van der Waals surface area contributed by atoms with Crippen LogP contribution in [0.15, 0.2) is 24.3 Å². The lowest BCUT2D eigenvalue weighted by Crippen LogP contribution is -2.42. The topological polar surface area (TPSA) is 38.8 Å². The van der Waals surface area contributed by atoms with Gasteiger partial charge < -0.3 is 14.4 Å². The maximum Gasteiger partial charge on any atom is 0.251 e. The van der Waals surface area contributed by atoms with E-state index in [2.05, 4.69) is 6.07 Å². The number of para-hydroxylation sites is 1. The Bertz CT molecular complexity index is 497. The average molecular weight is 289 g/mol. The summed E-state index contributed by atoms with van der Waals surface area (Å²) < 4.78 is 11.0. The quantitative estimate of drug-likeness (QED) is 0.854. The van der Waals surface area contributed by atoms with Crippen LogP contribution in [0.25, 0.3) is 0 Å². The molecule has 4 nitrogen and oxygen atoms in total. The number of methoxy groups -OCH3 is 1. The molecule has 114 valence electrons. The molecule has 0 aromatic heterocycles. The first kappa shape index (κ1) is 14.4. The van der Waals surface area contributed by atoms with E-state index in [1.807, 2.05) is 23.1 Å². The van der Waals surface area contributed by atoms with Crippen LogP contribution in [0.4, 0.5) is 0 Å². The molecule has 4 heteroatoms. The van der Waals surface area contributed by atoms with Crippen LogP contribution in [0.1, 0.15) is 31.2 Å². The minimum atomic E-state index is -0.205. The Hall–Kier alpha value is -1.55. The molecular formula is C17H23NO3. The Balaban J connectivity index is 1.70. The fourth-order valence-electron chi connectivity index (χ4n) is 3.42. The van der Waals surface area contributed by atoms with Crippen LogP contribution in [-0.2, 0) is 16.0 Å². The summed E-state index contributed by atoms with van der Waals surface area (Å²) in [5, 5.41) is 0. The van der Waals surface area contributed by atoms with E-state index < -0.39 is 0 Å². The molecule has 2 fully saturated rings. The summed E-state index contributed by atoms with van der Waals surface area (Å²) in [6.07, 6.45) is 4.68. The summed E-state index contributed by atoms with van der Waals surface area (Å²) in [4.78, 5) is 14.6. The van der Waals surface area contributed by atoms with Crippen molar-refractivity contribution in [2.24, 2.45) is 0 Å². The van der Waals surface area contributed by atoms with Crippen molar-refractivity contribution in [1.29, 1.82) is 0 Å². The SMILES string of the molecule is COc1ccccc1CC1CCCN1C(=O)C1CCCO1. The van der Waals surface area contributed by atoms with E-state index in [0.717, 1.165) is 51.0 Å². The number of amides is 1. The van der Waals surface area contributed by atoms with Crippen LogP contribution >= 0.6 is 0 Å². The summed E-state index contributed by atoms with van der Waals surface area (Å²) in [7, 11) is 1.70. The third kappa shape index (κ3) is 3.05. The number of hydrogen-bond acceptors (Lipinski definition) is 3. The molecule has 0 radical (unpaired) electrons. The van der Waals surface area contributed by atoms with Gasteiger partial charge in [-0.1, -0.05) is 18.2 Å². The van der Waals surface area contributed by atoms with Crippen molar-refractivity contribution in [3.05, 3.63) is 29.8 Å². The molecule has 0 aliphatic carbocycles. The van der Waals surface area contributed by atoms with E-state index in [1.54, 1.807) is 7.11 Å². The van der Waals surface area contributed by atoms with Crippen LogP contribution < -0.4 is 4.74 Å². The van der Waals surface area contributed by atoms with Gasteiger partial charge in [0.1, 0.15) is 11.9 Å². The normalized spacial score (nSPS) is 25.3. The molecule has 0 saturated carbocycles. The molecular weight excluding hydrogens is 266 g/mol. The van der Waals surface area contributed by atoms with Crippen LogP contribution in [0.5, 0.6) is 5.75 Å². The molecule has 2 atom stereocenters. The number of benzene rings is 1. The van der Waals surface area contributed by atoms with Crippen LogP contribution in [0.2, 0.25) is 0 Å². The van der Waals surface area contributed by atoms with E-state index in [0.29, 0.717) is 0 Å². The largest absolute Gasteiger partial charge is 0.496 e. The second-order valence-corrected chi connectivity index (χ2v) is 5.85. The van der Waals surface area contributed by atoms with Gasteiger partial charge in [-0.05, 0) is 43.7 Å². The highest BCUT2D eigenvalue weighted by Crippen LogP contribution is 2.28. The number of carbonyl (C=O) groups excluding carboxylic acids is 1. The first-order valence-electron chi connectivity index (χ1n) is 7.83. The van der Waals surface area contributed by atoms with E-state index in [9.17, 15) is 4.79 Å². The molecule has 21 heavy (non-hydrogen) atoms. The van der Waals surface area contributed by atoms with Crippen molar-refractivity contribution in [3.63, 3.8) is 0 Å². The lowest BCUT2D eigenvalue weighted by molar-refractivity contribution is -0.141. The summed E-state index contributed by atoms with van der Waals surface area (Å²) in [5.41, 5.74) is 1.18. The van der Waals surface area contributed by atoms with Gasteiger partial charge in [-0.3, -0.25) is 4.79 Å². The van der Waals surface area contributed by atoms with Crippen molar-refractivity contribution >= 4 is 5.91 Å². The highest BCUT2D eigenvalue weighted by molar-refractivity contribution is 5.81. The Labute approximate surface area is 126 Å². The zero-order valence-corrected chi connectivity index (χ0v) is 12.6. The molecule has 1 aromatic rings. The Morgan fingerprint density at radius 2 is 2.19 bits per heavy atom. The third-order valence-electron chi connectivity index (χ3n) is 4.51. The van der Waals surface area contributed by atoms with Crippen LogP contribution in [0, 0.1) is 0 Å². The number of carbonyl (C=O) groups is 1. The Morgan fingerprint density at radius 3 is 2.95 bits per heavy atom. The molecule has 3 rings (SSSR count). The molecule has 0 spiro atoms. The molecule has 2 aliphatic heterocycles. The highest BCUT2D eigenvalue weighted by Gasteiger charge is 2.35. The van der Waals surface area contributed by atoms with Crippen LogP contribution in [0.3, 0.4) is 0 Å². The van der Waals surface area contributed by atoms with Gasteiger partial charge >= 0.3 is 0 Å². The number of nitrogens with zero attached hydrogens (tertiary/aromatic N) is 1. The monoisotopic (exact) mass is 289 g/mol. The van der Waals surface area contributed by atoms with Gasteiger partial charge in [0.2, 0.25) is 0 Å². The highest BCUT2D eigenvalue weighted by atomic mass is 16.5. The van der Waals surface area contributed by atoms with Crippen molar-refractivity contribution in [3.8, 4) is 5.75 Å². The number of hydrogen-bond donors (Lipinski definition) is 0.